The van der Waals surface area contributed by atoms with Gasteiger partial charge in [0.1, 0.15) is 5.75 Å². The average molecular weight is 518 g/mol. The molecule has 1 N–H and O–H groups in total. The fourth-order valence-corrected chi connectivity index (χ4v) is 4.01. The molecule has 6 nitrogen and oxygen atoms in total. The van der Waals surface area contributed by atoms with Gasteiger partial charge >= 0.3 is 12.3 Å². The van der Waals surface area contributed by atoms with Crippen molar-refractivity contribution >= 4 is 40.2 Å². The summed E-state index contributed by atoms with van der Waals surface area (Å²) in [5, 5.41) is 3.83. The number of hydrogen-bond donors (Lipinski definition) is 1. The number of alkyl halides is 3. The molecule has 4 rings (SSSR count). The molecule has 1 aromatic heterocycles. The highest BCUT2D eigenvalue weighted by Crippen LogP contribution is 2.32. The third kappa shape index (κ3) is 6.09. The second kappa shape index (κ2) is 10.5. The van der Waals surface area contributed by atoms with Gasteiger partial charge in [-0.05, 0) is 73.0 Å². The van der Waals surface area contributed by atoms with Gasteiger partial charge in [0.2, 0.25) is 5.95 Å². The molecule has 0 saturated heterocycles. The van der Waals surface area contributed by atoms with Crippen LogP contribution in [0, 0.1) is 0 Å². The Morgan fingerprint density at radius 1 is 1.08 bits per heavy atom. The number of imidazole rings is 1. The first-order valence-corrected chi connectivity index (χ1v) is 11.5. The number of anilines is 2. The summed E-state index contributed by atoms with van der Waals surface area (Å²) >= 11 is 6.06. The Morgan fingerprint density at radius 3 is 2.42 bits per heavy atom. The highest BCUT2D eigenvalue weighted by Gasteiger charge is 2.31. The van der Waals surface area contributed by atoms with Crippen LogP contribution in [0.2, 0.25) is 5.02 Å². The normalized spacial score (nSPS) is 12.4. The largest absolute Gasteiger partial charge is 0.573 e. The summed E-state index contributed by atoms with van der Waals surface area (Å²) in [5.41, 5.74) is 4.01. The molecule has 10 heteroatoms. The van der Waals surface area contributed by atoms with Gasteiger partial charge in [0.05, 0.1) is 24.2 Å². The fraction of sp³-hybridized carbons (Fsp3) is 0.231. The van der Waals surface area contributed by atoms with Crippen LogP contribution in [0.25, 0.3) is 11.0 Å². The Balaban J connectivity index is 1.70. The molecular formula is C26H23ClF3N3O3. The quantitative estimate of drug-likeness (QED) is 0.254. The van der Waals surface area contributed by atoms with E-state index in [1.165, 1.54) is 31.4 Å². The number of carbonyl (C=O) groups excluding carboxylic acids is 1. The minimum atomic E-state index is -4.76. The molecule has 0 fully saturated rings. The van der Waals surface area contributed by atoms with Crippen LogP contribution in [0.1, 0.15) is 30.5 Å². The zero-order chi connectivity index (χ0) is 25.9. The predicted molar refractivity (Wildman–Crippen MR) is 132 cm³/mol. The molecule has 3 aromatic carbocycles. The van der Waals surface area contributed by atoms with Crippen molar-refractivity contribution in [2.45, 2.75) is 32.2 Å². The number of aryl methyl sites for hydroxylation is 1. The summed E-state index contributed by atoms with van der Waals surface area (Å²) in [7, 11) is 1.35. The van der Waals surface area contributed by atoms with Gasteiger partial charge in [-0.1, -0.05) is 29.8 Å². The van der Waals surface area contributed by atoms with E-state index in [1.54, 1.807) is 0 Å². The molecule has 0 radical (unpaired) electrons. The van der Waals surface area contributed by atoms with Gasteiger partial charge in [0, 0.05) is 17.1 Å². The predicted octanol–water partition coefficient (Wildman–Crippen LogP) is 7.05. The minimum absolute atomic E-state index is 0.150. The van der Waals surface area contributed by atoms with Crippen LogP contribution in [0.3, 0.4) is 0 Å². The summed E-state index contributed by atoms with van der Waals surface area (Å²) in [6, 6.07) is 18.5. The molecule has 0 spiro atoms. The van der Waals surface area contributed by atoms with Crippen LogP contribution in [0.15, 0.2) is 66.7 Å². The Hall–Kier alpha value is -3.72. The van der Waals surface area contributed by atoms with E-state index in [-0.39, 0.29) is 24.2 Å². The van der Waals surface area contributed by atoms with Crippen molar-refractivity contribution in [1.29, 1.82) is 0 Å². The minimum Gasteiger partial charge on any atom is -0.469 e. The number of aromatic nitrogens is 2. The first-order valence-electron chi connectivity index (χ1n) is 11.1. The molecule has 0 aliphatic heterocycles. The van der Waals surface area contributed by atoms with Crippen molar-refractivity contribution in [2.75, 3.05) is 12.4 Å². The zero-order valence-electron chi connectivity index (χ0n) is 19.5. The number of halogens is 4. The topological polar surface area (TPSA) is 65.4 Å². The Bertz CT molecular complexity index is 1350. The molecule has 0 aliphatic rings. The van der Waals surface area contributed by atoms with E-state index in [0.29, 0.717) is 28.6 Å². The summed E-state index contributed by atoms with van der Waals surface area (Å²) in [4.78, 5) is 16.3. The third-order valence-electron chi connectivity index (χ3n) is 5.68. The van der Waals surface area contributed by atoms with E-state index in [9.17, 15) is 18.0 Å². The number of benzene rings is 3. The van der Waals surface area contributed by atoms with Gasteiger partial charge in [-0.3, -0.25) is 4.79 Å². The van der Waals surface area contributed by atoms with Gasteiger partial charge < -0.3 is 19.4 Å². The van der Waals surface area contributed by atoms with Crippen molar-refractivity contribution in [3.05, 3.63) is 82.9 Å². The number of hydrogen-bond acceptors (Lipinski definition) is 5. The van der Waals surface area contributed by atoms with E-state index >= 15 is 0 Å². The van der Waals surface area contributed by atoms with E-state index in [1.807, 2.05) is 54.0 Å². The third-order valence-corrected chi connectivity index (χ3v) is 5.94. The number of nitrogens with one attached hydrogen (secondary N) is 1. The lowest BCUT2D eigenvalue weighted by Crippen LogP contribution is -2.17. The van der Waals surface area contributed by atoms with Crippen molar-refractivity contribution in [3.8, 4) is 5.75 Å². The molecule has 0 aliphatic carbocycles. The van der Waals surface area contributed by atoms with Crippen molar-refractivity contribution in [1.82, 2.24) is 9.55 Å². The molecule has 0 bridgehead atoms. The van der Waals surface area contributed by atoms with Gasteiger partial charge in [-0.25, -0.2) is 4.98 Å². The lowest BCUT2D eigenvalue weighted by molar-refractivity contribution is -0.274. The smallest absolute Gasteiger partial charge is 0.469 e. The summed E-state index contributed by atoms with van der Waals surface area (Å²) in [6.07, 6.45) is -4.00. The maximum absolute atomic E-state index is 12.5. The van der Waals surface area contributed by atoms with Crippen LogP contribution in [0.5, 0.6) is 5.75 Å². The van der Waals surface area contributed by atoms with Crippen LogP contribution in [-0.4, -0.2) is 29.0 Å². The molecule has 0 saturated carbocycles. The molecule has 36 heavy (non-hydrogen) atoms. The molecule has 1 atom stereocenters. The molecule has 0 amide bonds. The fourth-order valence-electron chi connectivity index (χ4n) is 3.89. The Kier molecular flexibility index (Phi) is 7.40. The number of carbonyl (C=O) groups is 1. The Labute approximate surface area is 210 Å². The van der Waals surface area contributed by atoms with Crippen molar-refractivity contribution < 1.29 is 27.4 Å². The van der Waals surface area contributed by atoms with Gasteiger partial charge in [0.15, 0.2) is 0 Å². The lowest BCUT2D eigenvalue weighted by Gasteiger charge is -2.19. The van der Waals surface area contributed by atoms with Gasteiger partial charge in [0.25, 0.3) is 0 Å². The van der Waals surface area contributed by atoms with E-state index in [0.717, 1.165) is 16.6 Å². The van der Waals surface area contributed by atoms with E-state index in [4.69, 9.17) is 21.3 Å². The number of ether oxygens (including phenoxy) is 2. The second-order valence-corrected chi connectivity index (χ2v) is 8.57. The van der Waals surface area contributed by atoms with Crippen molar-refractivity contribution in [2.24, 2.45) is 0 Å². The maximum atomic E-state index is 12.5. The second-order valence-electron chi connectivity index (χ2n) is 8.13. The molecule has 1 heterocycles. The SMILES string of the molecule is COC(=O)CCc1ccc2c(c1)nc(Nc1ccc(OC(F)(F)F)cc1)n2C(C)c1ccc(Cl)cc1. The lowest BCUT2D eigenvalue weighted by atomic mass is 10.1. The standard InChI is InChI=1S/C26H23ClF3N3O3/c1-16(18-5-7-19(27)8-6-18)33-23-13-3-17(4-14-24(34)35-2)15-22(23)32-25(33)31-20-9-11-21(12-10-20)36-26(28,29)30/h3,5-13,15-16H,4,14H2,1-2H3,(H,31,32). The van der Waals surface area contributed by atoms with Crippen LogP contribution >= 0.6 is 11.6 Å². The molecule has 1 unspecified atom stereocenters. The molecule has 4 aromatic rings. The van der Waals surface area contributed by atoms with Gasteiger partial charge in [-0.15, -0.1) is 13.2 Å². The maximum Gasteiger partial charge on any atom is 0.573 e. The van der Waals surface area contributed by atoms with Crippen LogP contribution in [0.4, 0.5) is 24.8 Å². The van der Waals surface area contributed by atoms with E-state index in [2.05, 4.69) is 10.1 Å². The molecule has 188 valence electrons. The number of rotatable bonds is 8. The average Bonchev–Trinajstić information content (AvgIpc) is 3.19. The number of nitrogens with zero attached hydrogens (tertiary/aromatic N) is 2. The Morgan fingerprint density at radius 2 is 1.78 bits per heavy atom. The summed E-state index contributed by atoms with van der Waals surface area (Å²) < 4.78 is 48.2. The zero-order valence-corrected chi connectivity index (χ0v) is 20.2. The number of fused-ring (bicyclic) bond motifs is 1. The monoisotopic (exact) mass is 517 g/mol. The highest BCUT2D eigenvalue weighted by molar-refractivity contribution is 6.30. The summed E-state index contributed by atoms with van der Waals surface area (Å²) in [5.74, 6) is -0.106. The molecular weight excluding hydrogens is 495 g/mol. The highest BCUT2D eigenvalue weighted by atomic mass is 35.5. The first kappa shape index (κ1) is 25.4. The summed E-state index contributed by atoms with van der Waals surface area (Å²) in [6.45, 7) is 2.01. The van der Waals surface area contributed by atoms with Crippen LogP contribution in [-0.2, 0) is 16.0 Å². The van der Waals surface area contributed by atoms with Crippen molar-refractivity contribution in [3.63, 3.8) is 0 Å². The van der Waals surface area contributed by atoms with E-state index < -0.39 is 6.36 Å². The number of methoxy groups -OCH3 is 1. The number of esters is 1. The van der Waals surface area contributed by atoms with Crippen LogP contribution < -0.4 is 10.1 Å². The van der Waals surface area contributed by atoms with Gasteiger partial charge in [-0.2, -0.15) is 0 Å². The first-order chi connectivity index (χ1) is 17.1.